The number of aliphatic imine (C=N–C) groups is 2. The summed E-state index contributed by atoms with van der Waals surface area (Å²) in [5, 5.41) is 12.3. The van der Waals surface area contributed by atoms with Gasteiger partial charge in [0.2, 0.25) is 5.91 Å². The van der Waals surface area contributed by atoms with E-state index >= 15 is 0 Å². The number of benzene rings is 1. The number of aliphatic carboxylic acids is 1. The first kappa shape index (κ1) is 30.4. The van der Waals surface area contributed by atoms with E-state index in [1.807, 2.05) is 43.3 Å². The fourth-order valence-electron chi connectivity index (χ4n) is 4.26. The molecule has 1 unspecified atom stereocenters. The highest BCUT2D eigenvalue weighted by Crippen LogP contribution is 2.29. The van der Waals surface area contributed by atoms with Gasteiger partial charge in [-0.15, -0.1) is 11.3 Å². The van der Waals surface area contributed by atoms with Gasteiger partial charge in [-0.3, -0.25) is 14.4 Å². The molecule has 1 aromatic heterocycles. The van der Waals surface area contributed by atoms with Gasteiger partial charge in [0.05, 0.1) is 16.7 Å². The highest BCUT2D eigenvalue weighted by molar-refractivity contribution is 9.11. The number of hydrogen-bond acceptors (Lipinski definition) is 5. The molecule has 2 aromatic rings. The van der Waals surface area contributed by atoms with Gasteiger partial charge in [0.25, 0.3) is 5.91 Å². The van der Waals surface area contributed by atoms with Crippen molar-refractivity contribution in [3.8, 4) is 0 Å². The summed E-state index contributed by atoms with van der Waals surface area (Å²) in [5.74, 6) is -1.90. The highest BCUT2D eigenvalue weighted by Gasteiger charge is 2.34. The van der Waals surface area contributed by atoms with E-state index in [1.54, 1.807) is 11.1 Å². The number of amides is 2. The summed E-state index contributed by atoms with van der Waals surface area (Å²) in [6.45, 7) is 12.5. The van der Waals surface area contributed by atoms with E-state index in [9.17, 15) is 19.5 Å². The zero-order valence-electron chi connectivity index (χ0n) is 22.7. The normalized spacial score (nSPS) is 17.2. The van der Waals surface area contributed by atoms with Crippen LogP contribution in [0.1, 0.15) is 59.8 Å². The zero-order valence-corrected chi connectivity index (χ0v) is 25.1. The first-order valence-corrected chi connectivity index (χ1v) is 14.4. The summed E-state index contributed by atoms with van der Waals surface area (Å²) in [7, 11) is 0. The molecule has 2 atom stereocenters. The molecule has 3 rings (SSSR count). The average molecular weight is 616 g/mol. The molecule has 1 saturated heterocycles. The lowest BCUT2D eigenvalue weighted by Gasteiger charge is -2.24. The fourth-order valence-corrected chi connectivity index (χ4v) is 5.35. The lowest BCUT2D eigenvalue weighted by Crippen LogP contribution is -2.41. The number of allylic oxidation sites excluding steroid dienone is 1. The number of halogens is 1. The van der Waals surface area contributed by atoms with Crippen molar-refractivity contribution in [2.24, 2.45) is 21.8 Å². The van der Waals surface area contributed by atoms with E-state index in [0.717, 1.165) is 20.5 Å². The number of nitrogens with zero attached hydrogens (tertiary/aromatic N) is 3. The quantitative estimate of drug-likeness (QED) is 0.296. The zero-order chi connectivity index (χ0) is 28.7. The molecule has 0 bridgehead atoms. The topological polar surface area (TPSA) is 111 Å². The second-order valence-corrected chi connectivity index (χ2v) is 13.0. The summed E-state index contributed by atoms with van der Waals surface area (Å²) in [4.78, 5) is 49.5. The van der Waals surface area contributed by atoms with Crippen molar-refractivity contribution in [3.05, 3.63) is 68.0 Å². The molecule has 1 aromatic carbocycles. The Morgan fingerprint density at radius 1 is 1.23 bits per heavy atom. The minimum atomic E-state index is -0.892. The van der Waals surface area contributed by atoms with Crippen LogP contribution in [0, 0.1) is 11.8 Å². The van der Waals surface area contributed by atoms with Crippen molar-refractivity contribution in [3.63, 3.8) is 0 Å². The van der Waals surface area contributed by atoms with Gasteiger partial charge < -0.3 is 15.3 Å². The van der Waals surface area contributed by atoms with Crippen molar-refractivity contribution >= 4 is 57.6 Å². The standard InChI is InChI=1S/C29H35BrN4O4S/c1-18(30)15-32-25(31-5)20-8-6-19(7-9-20)14-22(27(36)34-13-12-21(17-34)28(37)38)16-33-26(35)23-10-11-24(39-23)29(2,3)4/h6-11,15,21-22H,5,12-14,16-17H2,1-4H3,(H,33,35)(H,37,38)/b18-15+,32-25?/t21-,22?/m0/s1. The molecule has 0 saturated carbocycles. The molecule has 0 spiro atoms. The molecule has 2 heterocycles. The second-order valence-electron chi connectivity index (χ2n) is 10.7. The van der Waals surface area contributed by atoms with Crippen molar-refractivity contribution in [2.45, 2.75) is 46.0 Å². The van der Waals surface area contributed by atoms with Gasteiger partial charge in [0.1, 0.15) is 0 Å². The predicted molar refractivity (Wildman–Crippen MR) is 160 cm³/mol. The largest absolute Gasteiger partial charge is 0.481 e. The number of rotatable bonds is 9. The fraction of sp³-hybridized carbons (Fsp3) is 0.414. The molecular weight excluding hydrogens is 580 g/mol. The maximum atomic E-state index is 13.5. The Kier molecular flexibility index (Phi) is 10.4. The number of carboxylic acid groups (broad SMARTS) is 1. The third-order valence-corrected chi connectivity index (χ3v) is 8.20. The molecule has 208 valence electrons. The molecule has 1 aliphatic rings. The van der Waals surface area contributed by atoms with E-state index in [0.29, 0.717) is 30.1 Å². The van der Waals surface area contributed by atoms with Crippen molar-refractivity contribution in [1.29, 1.82) is 0 Å². The first-order valence-electron chi connectivity index (χ1n) is 12.7. The van der Waals surface area contributed by atoms with Crippen LogP contribution in [0.25, 0.3) is 0 Å². The van der Waals surface area contributed by atoms with Gasteiger partial charge in [-0.2, -0.15) is 0 Å². The number of hydrogen-bond donors (Lipinski definition) is 2. The Balaban J connectivity index is 1.77. The molecule has 2 N–H and O–H groups in total. The number of carboxylic acids is 1. The minimum Gasteiger partial charge on any atom is -0.481 e. The van der Waals surface area contributed by atoms with E-state index < -0.39 is 17.8 Å². The molecule has 8 nitrogen and oxygen atoms in total. The van der Waals surface area contributed by atoms with Gasteiger partial charge in [0.15, 0.2) is 5.84 Å². The van der Waals surface area contributed by atoms with Crippen molar-refractivity contribution in [1.82, 2.24) is 10.2 Å². The van der Waals surface area contributed by atoms with Crippen LogP contribution < -0.4 is 5.32 Å². The average Bonchev–Trinajstić information content (AvgIpc) is 3.58. The van der Waals surface area contributed by atoms with Crippen LogP contribution in [0.5, 0.6) is 0 Å². The summed E-state index contributed by atoms with van der Waals surface area (Å²) in [5.41, 5.74) is 1.63. The van der Waals surface area contributed by atoms with E-state index in [4.69, 9.17) is 0 Å². The number of amidine groups is 1. The van der Waals surface area contributed by atoms with Crippen LogP contribution in [-0.2, 0) is 21.4 Å². The Labute approximate surface area is 242 Å². The van der Waals surface area contributed by atoms with Gasteiger partial charge in [-0.1, -0.05) is 61.0 Å². The van der Waals surface area contributed by atoms with Crippen LogP contribution >= 0.6 is 27.3 Å². The molecule has 0 aliphatic carbocycles. The van der Waals surface area contributed by atoms with Gasteiger partial charge >= 0.3 is 5.97 Å². The molecule has 10 heteroatoms. The second kappa shape index (κ2) is 13.3. The van der Waals surface area contributed by atoms with Crippen LogP contribution in [0.2, 0.25) is 0 Å². The molecular formula is C29H35BrN4O4S. The smallest absolute Gasteiger partial charge is 0.308 e. The minimum absolute atomic E-state index is 0.0562. The summed E-state index contributed by atoms with van der Waals surface area (Å²) < 4.78 is 0.855. The SMILES string of the molecule is C=NC(=N/C=C(\C)Br)c1ccc(CC(CNC(=O)c2ccc(C(C)(C)C)s2)C(=O)N2CC[C@H](C(=O)O)C2)cc1. The maximum absolute atomic E-state index is 13.5. The third kappa shape index (κ3) is 8.44. The summed E-state index contributed by atoms with van der Waals surface area (Å²) in [6, 6.07) is 11.3. The van der Waals surface area contributed by atoms with E-state index in [1.165, 1.54) is 11.3 Å². The Bertz CT molecular complexity index is 1270. The van der Waals surface area contributed by atoms with Crippen LogP contribution in [-0.4, -0.2) is 60.0 Å². The van der Waals surface area contributed by atoms with Crippen molar-refractivity contribution in [2.75, 3.05) is 19.6 Å². The maximum Gasteiger partial charge on any atom is 0.308 e. The van der Waals surface area contributed by atoms with Gasteiger partial charge in [0, 0.05) is 40.8 Å². The van der Waals surface area contributed by atoms with Crippen LogP contribution in [0.15, 0.2) is 57.1 Å². The van der Waals surface area contributed by atoms with Gasteiger partial charge in [-0.25, -0.2) is 9.98 Å². The molecule has 2 amide bonds. The molecule has 39 heavy (non-hydrogen) atoms. The third-order valence-electron chi connectivity index (χ3n) is 6.49. The Morgan fingerprint density at radius 3 is 2.46 bits per heavy atom. The Hall–Kier alpha value is -3.11. The predicted octanol–water partition coefficient (Wildman–Crippen LogP) is 5.27. The summed E-state index contributed by atoms with van der Waals surface area (Å²) in [6.07, 6.45) is 2.46. The number of carbonyl (C=O) groups is 3. The summed E-state index contributed by atoms with van der Waals surface area (Å²) >= 11 is 4.79. The molecule has 0 radical (unpaired) electrons. The molecule has 1 aliphatic heterocycles. The lowest BCUT2D eigenvalue weighted by molar-refractivity contribution is -0.141. The highest BCUT2D eigenvalue weighted by atomic mass is 79.9. The molecule has 1 fully saturated rings. The number of likely N-dealkylation sites (tertiary alicyclic amines) is 1. The number of thiophene rings is 1. The number of carbonyl (C=O) groups excluding carboxylic acids is 2. The first-order chi connectivity index (χ1) is 18.4. The lowest BCUT2D eigenvalue weighted by atomic mass is 9.95. The van der Waals surface area contributed by atoms with Crippen LogP contribution in [0.4, 0.5) is 0 Å². The number of nitrogens with one attached hydrogen (secondary N) is 1. The van der Waals surface area contributed by atoms with E-state index in [-0.39, 0.29) is 30.3 Å². The van der Waals surface area contributed by atoms with Crippen LogP contribution in [0.3, 0.4) is 0 Å². The van der Waals surface area contributed by atoms with Gasteiger partial charge in [-0.05, 0) is 49.6 Å². The van der Waals surface area contributed by atoms with E-state index in [2.05, 4.69) is 58.7 Å². The van der Waals surface area contributed by atoms with Crippen molar-refractivity contribution < 1.29 is 19.5 Å². The Morgan fingerprint density at radius 2 is 1.92 bits per heavy atom. The monoisotopic (exact) mass is 614 g/mol.